The highest BCUT2D eigenvalue weighted by molar-refractivity contribution is 6.36. The number of nitrogens with one attached hydrogen (secondary N) is 2. The van der Waals surface area contributed by atoms with Crippen molar-refractivity contribution in [3.05, 3.63) is 34.5 Å². The first-order chi connectivity index (χ1) is 16.8. The summed E-state index contributed by atoms with van der Waals surface area (Å²) in [6.45, 7) is 6.59. The van der Waals surface area contributed by atoms with Crippen LogP contribution in [0, 0.1) is 22.7 Å². The van der Waals surface area contributed by atoms with Crippen LogP contribution in [0.15, 0.2) is 18.3 Å². The molecule has 3 heterocycles. The Morgan fingerprint density at radius 3 is 2.74 bits per heavy atom. The summed E-state index contributed by atoms with van der Waals surface area (Å²) in [5.41, 5.74) is 7.54. The number of anilines is 4. The highest BCUT2D eigenvalue weighted by Crippen LogP contribution is 2.37. The number of nitrogens with zero attached hydrogens (tertiary/aromatic N) is 8. The van der Waals surface area contributed by atoms with Crippen molar-refractivity contribution in [2.24, 2.45) is 5.73 Å². The van der Waals surface area contributed by atoms with Crippen molar-refractivity contribution in [1.29, 1.82) is 10.5 Å². The molecule has 1 fully saturated rings. The molecule has 35 heavy (non-hydrogen) atoms. The molecule has 3 aromatic rings. The molecule has 12 nitrogen and oxygen atoms in total. The van der Waals surface area contributed by atoms with E-state index in [1.165, 1.54) is 10.7 Å². The van der Waals surface area contributed by atoms with Gasteiger partial charge in [-0.25, -0.2) is 0 Å². The third-order valence-electron chi connectivity index (χ3n) is 5.65. The average molecular weight is 494 g/mol. The van der Waals surface area contributed by atoms with E-state index in [0.717, 1.165) is 0 Å². The maximum atomic E-state index is 11.3. The van der Waals surface area contributed by atoms with E-state index in [9.17, 15) is 15.3 Å². The fraction of sp³-hybridized carbons (Fsp3) is 0.364. The molecule has 0 unspecified atom stereocenters. The van der Waals surface area contributed by atoms with E-state index < -0.39 is 0 Å². The van der Waals surface area contributed by atoms with E-state index in [4.69, 9.17) is 17.3 Å². The number of nitriles is 2. The van der Waals surface area contributed by atoms with Crippen molar-refractivity contribution < 1.29 is 4.79 Å². The minimum Gasteiger partial charge on any atom is -0.369 e. The SMILES string of the molecule is CCNc1nc(Nc2cc(C#N)cc(N3CCN(CC(N)=O)C[C@@H]3C)c2Cl)nc2c(C#N)cnn12. The van der Waals surface area contributed by atoms with Gasteiger partial charge in [-0.05, 0) is 26.0 Å². The summed E-state index contributed by atoms with van der Waals surface area (Å²) in [4.78, 5) is 24.3. The minimum absolute atomic E-state index is 0.0281. The number of aromatic nitrogens is 4. The lowest BCUT2D eigenvalue weighted by Gasteiger charge is -2.41. The lowest BCUT2D eigenvalue weighted by Crippen LogP contribution is -2.53. The van der Waals surface area contributed by atoms with E-state index in [-0.39, 0.29) is 24.4 Å². The quantitative estimate of drug-likeness (QED) is 0.441. The van der Waals surface area contributed by atoms with E-state index in [0.29, 0.717) is 65.3 Å². The molecule has 0 bridgehead atoms. The monoisotopic (exact) mass is 493 g/mol. The molecule has 1 amide bonds. The Morgan fingerprint density at radius 1 is 1.29 bits per heavy atom. The second kappa shape index (κ2) is 10.0. The molecule has 4 N–H and O–H groups in total. The van der Waals surface area contributed by atoms with Gasteiger partial charge in [-0.15, -0.1) is 0 Å². The number of carbonyl (C=O) groups excluding carboxylic acids is 1. The van der Waals surface area contributed by atoms with Gasteiger partial charge in [0, 0.05) is 32.2 Å². The van der Waals surface area contributed by atoms with Crippen LogP contribution in [0.4, 0.5) is 23.3 Å². The van der Waals surface area contributed by atoms with Gasteiger partial charge in [0.25, 0.3) is 0 Å². The molecule has 2 aromatic heterocycles. The summed E-state index contributed by atoms with van der Waals surface area (Å²) in [6.07, 6.45) is 1.43. The number of primary amides is 1. The summed E-state index contributed by atoms with van der Waals surface area (Å²) >= 11 is 6.82. The van der Waals surface area contributed by atoms with Gasteiger partial charge in [-0.2, -0.15) is 30.1 Å². The predicted octanol–water partition coefficient (Wildman–Crippen LogP) is 1.69. The Balaban J connectivity index is 1.70. The Morgan fingerprint density at radius 2 is 2.09 bits per heavy atom. The number of rotatable bonds is 7. The Kier molecular flexibility index (Phi) is 6.87. The van der Waals surface area contributed by atoms with Gasteiger partial charge < -0.3 is 21.3 Å². The fourth-order valence-electron chi connectivity index (χ4n) is 4.13. The van der Waals surface area contributed by atoms with Crippen LogP contribution in [0.3, 0.4) is 0 Å². The van der Waals surface area contributed by atoms with Crippen LogP contribution in [0.2, 0.25) is 5.02 Å². The van der Waals surface area contributed by atoms with Crippen LogP contribution in [-0.2, 0) is 4.79 Å². The molecule has 1 aliphatic rings. The number of hydrogen-bond acceptors (Lipinski definition) is 10. The summed E-state index contributed by atoms with van der Waals surface area (Å²) in [5.74, 6) is 0.245. The second-order valence-electron chi connectivity index (χ2n) is 8.14. The van der Waals surface area contributed by atoms with Gasteiger partial charge in [-0.1, -0.05) is 11.6 Å². The molecule has 0 radical (unpaired) electrons. The average Bonchev–Trinajstić information content (AvgIpc) is 3.24. The summed E-state index contributed by atoms with van der Waals surface area (Å²) in [5, 5.41) is 29.9. The lowest BCUT2D eigenvalue weighted by molar-refractivity contribution is -0.119. The van der Waals surface area contributed by atoms with Crippen molar-refractivity contribution >= 4 is 46.4 Å². The maximum Gasteiger partial charge on any atom is 0.232 e. The molecule has 180 valence electrons. The maximum absolute atomic E-state index is 11.3. The van der Waals surface area contributed by atoms with E-state index in [1.54, 1.807) is 12.1 Å². The highest BCUT2D eigenvalue weighted by atomic mass is 35.5. The molecule has 1 atom stereocenters. The van der Waals surface area contributed by atoms with Crippen molar-refractivity contribution in [1.82, 2.24) is 24.5 Å². The molecule has 13 heteroatoms. The number of fused-ring (bicyclic) bond motifs is 1. The third-order valence-corrected chi connectivity index (χ3v) is 6.05. The number of piperazine rings is 1. The Hall–Kier alpha value is -4.13. The van der Waals surface area contributed by atoms with E-state index in [2.05, 4.69) is 42.7 Å². The van der Waals surface area contributed by atoms with Gasteiger partial charge >= 0.3 is 0 Å². The largest absolute Gasteiger partial charge is 0.369 e. The molecule has 0 spiro atoms. The van der Waals surface area contributed by atoms with Gasteiger partial charge in [-0.3, -0.25) is 9.69 Å². The minimum atomic E-state index is -0.367. The molecule has 4 rings (SSSR count). The molecule has 1 aromatic carbocycles. The molecular weight excluding hydrogens is 470 g/mol. The molecule has 1 aliphatic heterocycles. The van der Waals surface area contributed by atoms with Crippen molar-refractivity contribution in [3.63, 3.8) is 0 Å². The normalized spacial score (nSPS) is 16.0. The summed E-state index contributed by atoms with van der Waals surface area (Å²) in [6, 6.07) is 7.65. The van der Waals surface area contributed by atoms with Crippen LogP contribution in [0.1, 0.15) is 25.0 Å². The zero-order chi connectivity index (χ0) is 25.1. The predicted molar refractivity (Wildman–Crippen MR) is 132 cm³/mol. The Bertz CT molecular complexity index is 1360. The number of hydrogen-bond donors (Lipinski definition) is 3. The zero-order valence-electron chi connectivity index (χ0n) is 19.3. The third kappa shape index (κ3) is 4.89. The second-order valence-corrected chi connectivity index (χ2v) is 8.52. The van der Waals surface area contributed by atoms with E-state index >= 15 is 0 Å². The van der Waals surface area contributed by atoms with Crippen LogP contribution in [0.25, 0.3) is 5.65 Å². The molecule has 0 saturated carbocycles. The fourth-order valence-corrected chi connectivity index (χ4v) is 4.40. The highest BCUT2D eigenvalue weighted by Gasteiger charge is 2.27. The number of nitrogens with two attached hydrogens (primary N) is 1. The number of benzene rings is 1. The van der Waals surface area contributed by atoms with Crippen LogP contribution < -0.4 is 21.3 Å². The van der Waals surface area contributed by atoms with Gasteiger partial charge in [0.1, 0.15) is 11.6 Å². The number of amides is 1. The first-order valence-corrected chi connectivity index (χ1v) is 11.4. The van der Waals surface area contributed by atoms with E-state index in [1.807, 2.05) is 18.7 Å². The van der Waals surface area contributed by atoms with Crippen LogP contribution in [0.5, 0.6) is 0 Å². The van der Waals surface area contributed by atoms with Crippen molar-refractivity contribution in [2.75, 3.05) is 48.3 Å². The smallest absolute Gasteiger partial charge is 0.232 e. The van der Waals surface area contributed by atoms with Crippen molar-refractivity contribution in [2.45, 2.75) is 19.9 Å². The van der Waals surface area contributed by atoms with Gasteiger partial charge in [0.05, 0.1) is 40.8 Å². The number of carbonyl (C=O) groups is 1. The standard InChI is InChI=1S/C22H24ClN11O/c1-3-27-22-31-21(30-20-15(9-25)10-28-34(20)22)29-16-6-14(8-24)7-17(19(16)23)33-5-4-32(11-13(33)2)12-18(26)35/h6-7,10,13H,3-5,11-12H2,1-2H3,(H2,26,35)(H2,27,29,30,31)/t13-/m0/s1. The van der Waals surface area contributed by atoms with Gasteiger partial charge in [0.2, 0.25) is 17.8 Å². The van der Waals surface area contributed by atoms with Gasteiger partial charge in [0.15, 0.2) is 5.65 Å². The molecule has 0 aliphatic carbocycles. The van der Waals surface area contributed by atoms with Crippen LogP contribution >= 0.6 is 11.6 Å². The topological polar surface area (TPSA) is 164 Å². The number of halogens is 1. The molecule has 1 saturated heterocycles. The lowest BCUT2D eigenvalue weighted by atomic mass is 10.1. The summed E-state index contributed by atoms with van der Waals surface area (Å²) in [7, 11) is 0. The summed E-state index contributed by atoms with van der Waals surface area (Å²) < 4.78 is 1.46. The Labute approximate surface area is 206 Å². The first-order valence-electron chi connectivity index (χ1n) is 11.0. The van der Waals surface area contributed by atoms with Crippen molar-refractivity contribution in [3.8, 4) is 12.1 Å². The van der Waals surface area contributed by atoms with Crippen LogP contribution in [-0.4, -0.2) is 69.2 Å². The zero-order valence-corrected chi connectivity index (χ0v) is 20.0. The molecular formula is C22H24ClN11O. The first kappa shape index (κ1) is 24.0.